The van der Waals surface area contributed by atoms with Gasteiger partial charge in [-0.2, -0.15) is 0 Å². The van der Waals surface area contributed by atoms with Crippen LogP contribution in [-0.4, -0.2) is 9.97 Å². The van der Waals surface area contributed by atoms with Crippen LogP contribution in [0.15, 0.2) is 54.6 Å². The maximum atomic E-state index is 6.29. The molecule has 0 N–H and O–H groups in total. The Hall–Kier alpha value is -1.46. The van der Waals surface area contributed by atoms with E-state index in [1.54, 1.807) is 0 Å². The van der Waals surface area contributed by atoms with Gasteiger partial charge < -0.3 is 0 Å². The third-order valence-electron chi connectivity index (χ3n) is 3.17. The summed E-state index contributed by atoms with van der Waals surface area (Å²) in [4.78, 5) is 9.11. The summed E-state index contributed by atoms with van der Waals surface area (Å²) in [7, 11) is 0. The number of nitrogens with zero attached hydrogens (tertiary/aromatic N) is 2. The topological polar surface area (TPSA) is 25.8 Å². The van der Waals surface area contributed by atoms with Crippen molar-refractivity contribution in [3.8, 4) is 22.6 Å². The van der Waals surface area contributed by atoms with Crippen molar-refractivity contribution in [2.75, 3.05) is 0 Å². The van der Waals surface area contributed by atoms with Crippen molar-refractivity contribution in [1.82, 2.24) is 9.97 Å². The lowest BCUT2D eigenvalue weighted by Crippen LogP contribution is -1.97. The maximum absolute atomic E-state index is 6.29. The Kier molecular flexibility index (Phi) is 4.22. The minimum absolute atomic E-state index is 0.486. The molecule has 0 fully saturated rings. The summed E-state index contributed by atoms with van der Waals surface area (Å²) in [6, 6.07) is 18.2. The van der Waals surface area contributed by atoms with Gasteiger partial charge in [-0.3, -0.25) is 0 Å². The van der Waals surface area contributed by atoms with Gasteiger partial charge in [0, 0.05) is 11.1 Å². The van der Waals surface area contributed by atoms with E-state index in [2.05, 4.69) is 34.5 Å². The lowest BCUT2D eigenvalue weighted by molar-refractivity contribution is 1.16. The molecule has 0 saturated heterocycles. The van der Waals surface area contributed by atoms with E-state index >= 15 is 0 Å². The first kappa shape index (κ1) is 14.5. The fraction of sp³-hybridized carbons (Fsp3) is 0.0588. The Balaban J connectivity index is 2.16. The normalized spacial score (nSPS) is 10.6. The van der Waals surface area contributed by atoms with Crippen LogP contribution in [0.3, 0.4) is 0 Å². The van der Waals surface area contributed by atoms with Crippen molar-refractivity contribution in [2.24, 2.45) is 0 Å². The van der Waals surface area contributed by atoms with Crippen molar-refractivity contribution in [2.45, 2.75) is 6.92 Å². The van der Waals surface area contributed by atoms with Gasteiger partial charge in [0.05, 0.1) is 9.26 Å². The van der Waals surface area contributed by atoms with Crippen molar-refractivity contribution in [3.63, 3.8) is 0 Å². The molecule has 2 nitrogen and oxygen atoms in total. The molecule has 0 aliphatic carbocycles. The molecule has 2 aromatic carbocycles. The predicted octanol–water partition coefficient (Wildman–Crippen LogP) is 5.38. The molecule has 4 heteroatoms. The van der Waals surface area contributed by atoms with Gasteiger partial charge in [0.15, 0.2) is 5.82 Å². The average Bonchev–Trinajstić information content (AvgIpc) is 2.51. The van der Waals surface area contributed by atoms with Gasteiger partial charge in [-0.15, -0.1) is 0 Å². The van der Waals surface area contributed by atoms with E-state index < -0.39 is 0 Å². The zero-order chi connectivity index (χ0) is 14.8. The van der Waals surface area contributed by atoms with Crippen molar-refractivity contribution < 1.29 is 0 Å². The highest BCUT2D eigenvalue weighted by molar-refractivity contribution is 14.1. The van der Waals surface area contributed by atoms with Gasteiger partial charge in [0.25, 0.3) is 0 Å². The van der Waals surface area contributed by atoms with Crippen LogP contribution in [0.4, 0.5) is 0 Å². The number of aryl methyl sites for hydroxylation is 1. The average molecular weight is 407 g/mol. The molecule has 1 aromatic heterocycles. The summed E-state index contributed by atoms with van der Waals surface area (Å²) < 4.78 is 0.872. The summed E-state index contributed by atoms with van der Waals surface area (Å²) in [6.07, 6.45) is 0. The molecule has 104 valence electrons. The highest BCUT2D eigenvalue weighted by Gasteiger charge is 2.13. The molecule has 0 saturated carbocycles. The lowest BCUT2D eigenvalue weighted by Gasteiger charge is -2.09. The molecule has 3 aromatic rings. The van der Waals surface area contributed by atoms with E-state index in [1.807, 2.05) is 54.6 Å². The molecule has 0 bridgehead atoms. The number of hydrogen-bond acceptors (Lipinski definition) is 2. The molecule has 0 aliphatic rings. The Morgan fingerprint density at radius 3 is 2.19 bits per heavy atom. The van der Waals surface area contributed by atoms with Gasteiger partial charge in [-0.25, -0.2) is 9.97 Å². The molecule has 21 heavy (non-hydrogen) atoms. The van der Waals surface area contributed by atoms with Gasteiger partial charge in [-0.1, -0.05) is 71.8 Å². The summed E-state index contributed by atoms with van der Waals surface area (Å²) in [5, 5.41) is 0.486. The van der Waals surface area contributed by atoms with Crippen LogP contribution in [0.25, 0.3) is 22.6 Å². The van der Waals surface area contributed by atoms with Gasteiger partial charge in [0.2, 0.25) is 0 Å². The third-order valence-corrected chi connectivity index (χ3v) is 4.78. The van der Waals surface area contributed by atoms with Crippen LogP contribution in [0.5, 0.6) is 0 Å². The largest absolute Gasteiger partial charge is 0.227 e. The minimum atomic E-state index is 0.486. The Morgan fingerprint density at radius 1 is 0.857 bits per heavy atom. The quantitative estimate of drug-likeness (QED) is 0.422. The fourth-order valence-electron chi connectivity index (χ4n) is 2.04. The minimum Gasteiger partial charge on any atom is -0.227 e. The van der Waals surface area contributed by atoms with E-state index in [-0.39, 0.29) is 0 Å². The lowest BCUT2D eigenvalue weighted by atomic mass is 10.1. The van der Waals surface area contributed by atoms with Crippen molar-refractivity contribution >= 4 is 34.2 Å². The van der Waals surface area contributed by atoms with E-state index in [0.717, 1.165) is 20.4 Å². The maximum Gasteiger partial charge on any atom is 0.161 e. The highest BCUT2D eigenvalue weighted by Crippen LogP contribution is 2.30. The van der Waals surface area contributed by atoms with E-state index in [4.69, 9.17) is 16.6 Å². The number of hydrogen-bond donors (Lipinski definition) is 0. The number of aromatic nitrogens is 2. The van der Waals surface area contributed by atoms with Crippen LogP contribution >= 0.6 is 34.2 Å². The van der Waals surface area contributed by atoms with E-state index in [1.165, 1.54) is 5.56 Å². The monoisotopic (exact) mass is 406 g/mol. The van der Waals surface area contributed by atoms with E-state index in [0.29, 0.717) is 11.0 Å². The first-order valence-corrected chi connectivity index (χ1v) is 7.96. The summed E-state index contributed by atoms with van der Waals surface area (Å²) in [5.74, 6) is 0.652. The van der Waals surface area contributed by atoms with Crippen LogP contribution in [0, 0.1) is 10.5 Å². The second kappa shape index (κ2) is 6.12. The first-order valence-electron chi connectivity index (χ1n) is 6.50. The second-order valence-electron chi connectivity index (χ2n) is 4.73. The van der Waals surface area contributed by atoms with Gasteiger partial charge >= 0.3 is 0 Å². The highest BCUT2D eigenvalue weighted by atomic mass is 127. The molecule has 0 atom stereocenters. The Bertz CT molecular complexity index is 771. The number of rotatable bonds is 2. The summed E-state index contributed by atoms with van der Waals surface area (Å²) >= 11 is 8.48. The number of halogens is 2. The molecule has 3 rings (SSSR count). The molecule has 0 radical (unpaired) electrons. The number of benzene rings is 2. The summed E-state index contributed by atoms with van der Waals surface area (Å²) in [5.41, 5.74) is 4.08. The summed E-state index contributed by atoms with van der Waals surface area (Å²) in [6.45, 7) is 2.06. The first-order chi connectivity index (χ1) is 10.1. The zero-order valence-corrected chi connectivity index (χ0v) is 14.3. The second-order valence-corrected chi connectivity index (χ2v) is 6.17. The molecule has 0 unspecified atom stereocenters. The predicted molar refractivity (Wildman–Crippen MR) is 95.4 cm³/mol. The smallest absolute Gasteiger partial charge is 0.161 e. The molecule has 1 heterocycles. The van der Waals surface area contributed by atoms with Crippen LogP contribution in [0.1, 0.15) is 5.56 Å². The van der Waals surface area contributed by atoms with Crippen LogP contribution in [-0.2, 0) is 0 Å². The molecule has 0 spiro atoms. The van der Waals surface area contributed by atoms with Crippen molar-refractivity contribution in [3.05, 3.63) is 68.9 Å². The fourth-order valence-corrected chi connectivity index (χ4v) is 2.76. The SMILES string of the molecule is Cc1ccc(-c2nc(Cl)c(I)c(-c3ccccc3)n2)cc1. The van der Waals surface area contributed by atoms with Crippen molar-refractivity contribution in [1.29, 1.82) is 0 Å². The Morgan fingerprint density at radius 2 is 1.52 bits per heavy atom. The van der Waals surface area contributed by atoms with Gasteiger partial charge in [-0.05, 0) is 29.5 Å². The molecular formula is C17H12ClIN2. The molecule has 0 amide bonds. The molecular weight excluding hydrogens is 395 g/mol. The molecule has 0 aliphatic heterocycles. The zero-order valence-electron chi connectivity index (χ0n) is 11.3. The van der Waals surface area contributed by atoms with Crippen LogP contribution < -0.4 is 0 Å². The standard InChI is InChI=1S/C17H12ClIN2/c1-11-7-9-13(10-8-11)17-20-15(14(19)16(18)21-17)12-5-3-2-4-6-12/h2-10H,1H3. The van der Waals surface area contributed by atoms with E-state index in [9.17, 15) is 0 Å². The third kappa shape index (κ3) is 3.09. The van der Waals surface area contributed by atoms with Gasteiger partial charge in [0.1, 0.15) is 5.15 Å². The van der Waals surface area contributed by atoms with Crippen LogP contribution in [0.2, 0.25) is 5.15 Å². The Labute approximate surface area is 142 Å².